The lowest BCUT2D eigenvalue weighted by Gasteiger charge is -2.27. The summed E-state index contributed by atoms with van der Waals surface area (Å²) in [5, 5.41) is 17.2. The summed E-state index contributed by atoms with van der Waals surface area (Å²) in [7, 11) is 1.77. The first-order valence-electron chi connectivity index (χ1n) is 8.72. The Hall–Kier alpha value is -1.45. The molecule has 2 heterocycles. The van der Waals surface area contributed by atoms with E-state index in [1.807, 2.05) is 30.5 Å². The maximum absolute atomic E-state index is 9.33. The van der Waals surface area contributed by atoms with E-state index in [1.54, 1.807) is 7.05 Å². The fraction of sp³-hybridized carbons (Fsp3) is 0.474. The molecule has 0 saturated carbocycles. The number of aliphatic imine (C=N–C) groups is 1. The van der Waals surface area contributed by atoms with Crippen LogP contribution < -0.4 is 10.6 Å². The Morgan fingerprint density at radius 2 is 2.15 bits per heavy atom. The van der Waals surface area contributed by atoms with E-state index < -0.39 is 0 Å². The van der Waals surface area contributed by atoms with Crippen LogP contribution in [0.15, 0.2) is 41.5 Å². The second-order valence-electron chi connectivity index (χ2n) is 6.54. The van der Waals surface area contributed by atoms with Crippen molar-refractivity contribution < 1.29 is 9.84 Å². The van der Waals surface area contributed by atoms with E-state index in [4.69, 9.17) is 4.74 Å². The van der Waals surface area contributed by atoms with Gasteiger partial charge in [-0.25, -0.2) is 0 Å². The molecular formula is C19H27IN4O2. The SMILES string of the molecule is CN=C(NCc1ccnc2ccccc12)NCC1(CCO)CCOC1.I. The van der Waals surface area contributed by atoms with E-state index in [0.29, 0.717) is 13.2 Å². The van der Waals surface area contributed by atoms with E-state index in [9.17, 15) is 5.11 Å². The normalized spacial score (nSPS) is 20.0. The molecule has 0 amide bonds. The molecule has 0 bridgehead atoms. The number of nitrogens with one attached hydrogen (secondary N) is 2. The number of aliphatic hydroxyl groups is 1. The minimum atomic E-state index is -0.00423. The van der Waals surface area contributed by atoms with Gasteiger partial charge < -0.3 is 20.5 Å². The highest BCUT2D eigenvalue weighted by Crippen LogP contribution is 2.31. The van der Waals surface area contributed by atoms with Crippen LogP contribution in [0.5, 0.6) is 0 Å². The predicted octanol–water partition coefficient (Wildman–Crippen LogP) is 2.31. The van der Waals surface area contributed by atoms with E-state index >= 15 is 0 Å². The largest absolute Gasteiger partial charge is 0.396 e. The number of hydrogen-bond acceptors (Lipinski definition) is 4. The summed E-state index contributed by atoms with van der Waals surface area (Å²) in [6, 6.07) is 10.2. The third-order valence-electron chi connectivity index (χ3n) is 4.87. The summed E-state index contributed by atoms with van der Waals surface area (Å²) < 4.78 is 5.54. The summed E-state index contributed by atoms with van der Waals surface area (Å²) >= 11 is 0. The summed E-state index contributed by atoms with van der Waals surface area (Å²) in [5.41, 5.74) is 2.17. The summed E-state index contributed by atoms with van der Waals surface area (Å²) in [5.74, 6) is 0.755. The van der Waals surface area contributed by atoms with Crippen molar-refractivity contribution in [3.8, 4) is 0 Å². The zero-order chi connectivity index (χ0) is 17.5. The number of aromatic nitrogens is 1. The molecule has 0 radical (unpaired) electrons. The van der Waals surface area contributed by atoms with E-state index in [0.717, 1.165) is 42.9 Å². The smallest absolute Gasteiger partial charge is 0.191 e. The number of guanidine groups is 1. The molecule has 1 aromatic carbocycles. The Bertz CT molecular complexity index is 727. The van der Waals surface area contributed by atoms with Gasteiger partial charge in [-0.2, -0.15) is 0 Å². The van der Waals surface area contributed by atoms with E-state index in [1.165, 1.54) is 5.56 Å². The first-order chi connectivity index (χ1) is 12.3. The zero-order valence-electron chi connectivity index (χ0n) is 15.1. The first kappa shape index (κ1) is 20.9. The summed E-state index contributed by atoms with van der Waals surface area (Å²) in [6.07, 6.45) is 3.54. The highest BCUT2D eigenvalue weighted by Gasteiger charge is 2.34. The number of benzene rings is 1. The highest BCUT2D eigenvalue weighted by molar-refractivity contribution is 14.0. The van der Waals surface area contributed by atoms with Crippen molar-refractivity contribution in [2.24, 2.45) is 10.4 Å². The van der Waals surface area contributed by atoms with Crippen LogP contribution in [0.25, 0.3) is 10.9 Å². The average Bonchev–Trinajstić information content (AvgIpc) is 3.11. The molecule has 1 fully saturated rings. The quantitative estimate of drug-likeness (QED) is 0.343. The van der Waals surface area contributed by atoms with Gasteiger partial charge in [-0.1, -0.05) is 18.2 Å². The lowest BCUT2D eigenvalue weighted by Crippen LogP contribution is -2.44. The maximum Gasteiger partial charge on any atom is 0.191 e. The molecule has 1 aliphatic rings. The third-order valence-corrected chi connectivity index (χ3v) is 4.87. The summed E-state index contributed by atoms with van der Waals surface area (Å²) in [4.78, 5) is 8.71. The fourth-order valence-corrected chi connectivity index (χ4v) is 3.29. The Morgan fingerprint density at radius 1 is 1.31 bits per heavy atom. The molecule has 1 aliphatic heterocycles. The second kappa shape index (κ2) is 10.0. The van der Waals surface area contributed by atoms with Crippen LogP contribution in [0.1, 0.15) is 18.4 Å². The molecule has 142 valence electrons. The van der Waals surface area contributed by atoms with Crippen LogP contribution in [0.3, 0.4) is 0 Å². The van der Waals surface area contributed by atoms with Crippen LogP contribution in [0.4, 0.5) is 0 Å². The maximum atomic E-state index is 9.33. The molecule has 1 aromatic heterocycles. The Labute approximate surface area is 171 Å². The molecule has 0 aliphatic carbocycles. The van der Waals surface area contributed by atoms with Gasteiger partial charge in [0, 0.05) is 50.3 Å². The van der Waals surface area contributed by atoms with Crippen molar-refractivity contribution >= 4 is 40.8 Å². The fourth-order valence-electron chi connectivity index (χ4n) is 3.29. The lowest BCUT2D eigenvalue weighted by molar-refractivity contribution is 0.127. The molecule has 1 atom stereocenters. The number of fused-ring (bicyclic) bond motifs is 1. The van der Waals surface area contributed by atoms with Gasteiger partial charge in [0.15, 0.2) is 5.96 Å². The van der Waals surface area contributed by atoms with Gasteiger partial charge in [0.1, 0.15) is 0 Å². The van der Waals surface area contributed by atoms with Crippen molar-refractivity contribution in [2.75, 3.05) is 33.4 Å². The van der Waals surface area contributed by atoms with Crippen LogP contribution in [-0.4, -0.2) is 49.5 Å². The van der Waals surface area contributed by atoms with Crippen molar-refractivity contribution in [1.82, 2.24) is 15.6 Å². The van der Waals surface area contributed by atoms with Gasteiger partial charge in [0.25, 0.3) is 0 Å². The Morgan fingerprint density at radius 3 is 2.88 bits per heavy atom. The molecule has 1 unspecified atom stereocenters. The third kappa shape index (κ3) is 5.05. The first-order valence-corrected chi connectivity index (χ1v) is 8.72. The molecule has 3 rings (SSSR count). The number of pyridine rings is 1. The molecule has 3 N–H and O–H groups in total. The van der Waals surface area contributed by atoms with Gasteiger partial charge in [0.05, 0.1) is 12.1 Å². The number of nitrogens with zero attached hydrogens (tertiary/aromatic N) is 2. The molecule has 0 spiro atoms. The van der Waals surface area contributed by atoms with Crippen LogP contribution in [0, 0.1) is 5.41 Å². The van der Waals surface area contributed by atoms with Gasteiger partial charge in [-0.15, -0.1) is 24.0 Å². The average molecular weight is 470 g/mol. The minimum absolute atomic E-state index is 0. The van der Waals surface area contributed by atoms with Gasteiger partial charge >= 0.3 is 0 Å². The predicted molar refractivity (Wildman–Crippen MR) is 115 cm³/mol. The Balaban J connectivity index is 0.00000243. The van der Waals surface area contributed by atoms with E-state index in [2.05, 4.69) is 26.7 Å². The minimum Gasteiger partial charge on any atom is -0.396 e. The summed E-state index contributed by atoms with van der Waals surface area (Å²) in [6.45, 7) is 3.04. The number of aliphatic hydroxyl groups excluding tert-OH is 1. The number of ether oxygens (including phenoxy) is 1. The van der Waals surface area contributed by atoms with Crippen molar-refractivity contribution in [2.45, 2.75) is 19.4 Å². The number of rotatable bonds is 6. The van der Waals surface area contributed by atoms with Crippen LogP contribution >= 0.6 is 24.0 Å². The number of halogens is 1. The van der Waals surface area contributed by atoms with Crippen molar-refractivity contribution in [3.63, 3.8) is 0 Å². The molecule has 6 nitrogen and oxygen atoms in total. The molecule has 26 heavy (non-hydrogen) atoms. The molecule has 7 heteroatoms. The topological polar surface area (TPSA) is 78.8 Å². The van der Waals surface area contributed by atoms with Crippen molar-refractivity contribution in [1.29, 1.82) is 0 Å². The van der Waals surface area contributed by atoms with E-state index in [-0.39, 0.29) is 36.0 Å². The van der Waals surface area contributed by atoms with Gasteiger partial charge in [-0.05, 0) is 30.5 Å². The van der Waals surface area contributed by atoms with Crippen LogP contribution in [-0.2, 0) is 11.3 Å². The standard InChI is InChI=1S/C19H26N4O2.HI/c1-20-18(23-13-19(7-10-24)8-11-25-14-19)22-12-15-6-9-21-17-5-3-2-4-16(15)17;/h2-6,9,24H,7-8,10-14H2,1H3,(H2,20,22,23);1H. The highest BCUT2D eigenvalue weighted by atomic mass is 127. The van der Waals surface area contributed by atoms with Crippen molar-refractivity contribution in [3.05, 3.63) is 42.1 Å². The second-order valence-corrected chi connectivity index (χ2v) is 6.54. The molecule has 1 saturated heterocycles. The van der Waals surface area contributed by atoms with Gasteiger partial charge in [-0.3, -0.25) is 9.98 Å². The molecular weight excluding hydrogens is 443 g/mol. The zero-order valence-corrected chi connectivity index (χ0v) is 17.4. The molecule has 2 aromatic rings. The lowest BCUT2D eigenvalue weighted by atomic mass is 9.84. The van der Waals surface area contributed by atoms with Gasteiger partial charge in [0.2, 0.25) is 0 Å². The number of para-hydroxylation sites is 1. The van der Waals surface area contributed by atoms with Crippen LogP contribution in [0.2, 0.25) is 0 Å². The Kier molecular flexibility index (Phi) is 8.05. The monoisotopic (exact) mass is 470 g/mol. The number of hydrogen-bond donors (Lipinski definition) is 3.